The summed E-state index contributed by atoms with van der Waals surface area (Å²) in [6.45, 7) is 1.94. The SMILES string of the molecule is COc1ccc([C@H]2CC(=O)[C@H]3C(=NC(C)=C(C#N)[C@@H]3c3cc4c(cc3Cl)OCO4)C2)cc1. The minimum atomic E-state index is -0.513. The van der Waals surface area contributed by atoms with Gasteiger partial charge in [-0.25, -0.2) is 0 Å². The molecule has 0 aromatic heterocycles. The number of ether oxygens (including phenoxy) is 3. The molecule has 1 aliphatic carbocycles. The molecule has 32 heavy (non-hydrogen) atoms. The largest absolute Gasteiger partial charge is 0.497 e. The van der Waals surface area contributed by atoms with E-state index in [1.165, 1.54) is 0 Å². The molecule has 0 N–H and O–H groups in total. The first kappa shape index (κ1) is 20.6. The third-order valence-electron chi connectivity index (χ3n) is 6.49. The van der Waals surface area contributed by atoms with Crippen molar-refractivity contribution in [1.29, 1.82) is 5.26 Å². The van der Waals surface area contributed by atoms with Gasteiger partial charge in [-0.15, -0.1) is 0 Å². The second-order valence-electron chi connectivity index (χ2n) is 8.24. The Balaban J connectivity index is 1.55. The molecule has 2 aromatic rings. The summed E-state index contributed by atoms with van der Waals surface area (Å²) in [7, 11) is 1.63. The van der Waals surface area contributed by atoms with E-state index in [1.54, 1.807) is 19.2 Å². The number of hydrogen-bond donors (Lipinski definition) is 0. The summed E-state index contributed by atoms with van der Waals surface area (Å²) in [5, 5.41) is 10.4. The van der Waals surface area contributed by atoms with Gasteiger partial charge >= 0.3 is 0 Å². The molecule has 0 radical (unpaired) electrons. The van der Waals surface area contributed by atoms with Crippen LogP contribution < -0.4 is 14.2 Å². The molecule has 2 aliphatic heterocycles. The molecule has 1 fully saturated rings. The zero-order chi connectivity index (χ0) is 22.4. The Kier molecular flexibility index (Phi) is 5.15. The first-order valence-electron chi connectivity index (χ1n) is 10.4. The lowest BCUT2D eigenvalue weighted by Crippen LogP contribution is -2.39. The van der Waals surface area contributed by atoms with E-state index >= 15 is 0 Å². The third kappa shape index (κ3) is 3.34. The van der Waals surface area contributed by atoms with Gasteiger partial charge in [0.2, 0.25) is 6.79 Å². The molecule has 0 unspecified atom stereocenters. The standard InChI is InChI=1S/C25H21ClN2O4/c1-13-18(11-27)24(17-9-22-23(10-19(17)26)32-12-31-22)25-20(28-13)7-15(8-21(25)29)14-3-5-16(30-2)6-4-14/h3-6,9-10,15,24-25H,7-8,12H2,1-2H3/t15-,24+,25-/m1/s1. The second-order valence-corrected chi connectivity index (χ2v) is 8.65. The van der Waals surface area contributed by atoms with Crippen molar-refractivity contribution < 1.29 is 19.0 Å². The van der Waals surface area contributed by atoms with Gasteiger partial charge in [0.1, 0.15) is 11.5 Å². The number of carbonyl (C=O) groups excluding carboxylic acids is 1. The van der Waals surface area contributed by atoms with Crippen LogP contribution in [0.4, 0.5) is 0 Å². The Hall–Kier alpha value is -3.30. The monoisotopic (exact) mass is 448 g/mol. The first-order valence-corrected chi connectivity index (χ1v) is 10.8. The van der Waals surface area contributed by atoms with E-state index in [1.807, 2.05) is 31.2 Å². The average Bonchev–Trinajstić information content (AvgIpc) is 3.24. The number of aliphatic imine (C=N–C) groups is 1. The molecule has 7 heteroatoms. The van der Waals surface area contributed by atoms with Gasteiger partial charge in [0.25, 0.3) is 0 Å². The highest BCUT2D eigenvalue weighted by atomic mass is 35.5. The number of ketones is 1. The van der Waals surface area contributed by atoms with Crippen LogP contribution in [0.2, 0.25) is 5.02 Å². The van der Waals surface area contributed by atoms with E-state index in [0.29, 0.717) is 46.2 Å². The maximum Gasteiger partial charge on any atom is 0.231 e. The summed E-state index contributed by atoms with van der Waals surface area (Å²) in [4.78, 5) is 18.2. The molecule has 5 rings (SSSR count). The van der Waals surface area contributed by atoms with Crippen LogP contribution in [-0.2, 0) is 4.79 Å². The maximum atomic E-state index is 13.5. The molecule has 3 aliphatic rings. The molecule has 0 spiro atoms. The van der Waals surface area contributed by atoms with Crippen molar-refractivity contribution in [3.05, 3.63) is 63.8 Å². The Morgan fingerprint density at radius 1 is 1.12 bits per heavy atom. The number of fused-ring (bicyclic) bond motifs is 2. The van der Waals surface area contributed by atoms with E-state index < -0.39 is 11.8 Å². The highest BCUT2D eigenvalue weighted by Gasteiger charge is 2.45. The fourth-order valence-corrected chi connectivity index (χ4v) is 5.21. The fourth-order valence-electron chi connectivity index (χ4n) is 4.94. The molecule has 3 atom stereocenters. The van der Waals surface area contributed by atoms with Crippen molar-refractivity contribution >= 4 is 23.1 Å². The zero-order valence-electron chi connectivity index (χ0n) is 17.7. The number of methoxy groups -OCH3 is 1. The van der Waals surface area contributed by atoms with Crippen LogP contribution in [0.15, 0.2) is 52.7 Å². The maximum absolute atomic E-state index is 13.5. The normalized spacial score (nSPS) is 24.0. The molecule has 2 heterocycles. The Bertz CT molecular complexity index is 1210. The summed E-state index contributed by atoms with van der Waals surface area (Å²) >= 11 is 6.61. The zero-order valence-corrected chi connectivity index (χ0v) is 18.5. The topological polar surface area (TPSA) is 80.9 Å². The van der Waals surface area contributed by atoms with Crippen LogP contribution >= 0.6 is 11.6 Å². The summed E-state index contributed by atoms with van der Waals surface area (Å²) in [5.74, 6) is 1.01. The smallest absolute Gasteiger partial charge is 0.231 e. The summed E-state index contributed by atoms with van der Waals surface area (Å²) in [6.07, 6.45) is 1.03. The molecule has 0 bridgehead atoms. The van der Waals surface area contributed by atoms with E-state index in [2.05, 4.69) is 6.07 Å². The van der Waals surface area contributed by atoms with Crippen LogP contribution in [0, 0.1) is 17.2 Å². The van der Waals surface area contributed by atoms with Crippen LogP contribution in [0.3, 0.4) is 0 Å². The van der Waals surface area contributed by atoms with Gasteiger partial charge in [-0.05, 0) is 48.6 Å². The molecular formula is C25H21ClN2O4. The van der Waals surface area contributed by atoms with Crippen LogP contribution in [0.5, 0.6) is 17.2 Å². The van der Waals surface area contributed by atoms with Crippen LogP contribution in [-0.4, -0.2) is 25.4 Å². The van der Waals surface area contributed by atoms with Gasteiger partial charge < -0.3 is 14.2 Å². The lowest BCUT2D eigenvalue weighted by atomic mass is 9.66. The third-order valence-corrected chi connectivity index (χ3v) is 6.82. The molecule has 1 saturated carbocycles. The van der Waals surface area contributed by atoms with Gasteiger partial charge in [-0.1, -0.05) is 23.7 Å². The minimum Gasteiger partial charge on any atom is -0.497 e. The summed E-state index contributed by atoms with van der Waals surface area (Å²) in [5.41, 5.74) is 3.67. The molecule has 6 nitrogen and oxygen atoms in total. The first-order chi connectivity index (χ1) is 15.5. The lowest BCUT2D eigenvalue weighted by Gasteiger charge is -2.37. The van der Waals surface area contributed by atoms with Crippen molar-refractivity contribution in [2.75, 3.05) is 13.9 Å². The summed E-state index contributed by atoms with van der Waals surface area (Å²) < 4.78 is 16.2. The number of nitriles is 1. The van der Waals surface area contributed by atoms with Crippen molar-refractivity contribution in [2.45, 2.75) is 31.6 Å². The Morgan fingerprint density at radius 3 is 2.53 bits per heavy atom. The van der Waals surface area contributed by atoms with E-state index in [-0.39, 0.29) is 18.5 Å². The summed E-state index contributed by atoms with van der Waals surface area (Å²) in [6, 6.07) is 13.6. The Morgan fingerprint density at radius 2 is 1.84 bits per heavy atom. The van der Waals surface area contributed by atoms with Crippen LogP contribution in [0.1, 0.15) is 42.7 Å². The second kappa shape index (κ2) is 7.99. The van der Waals surface area contributed by atoms with Gasteiger partial charge in [0.15, 0.2) is 11.5 Å². The van der Waals surface area contributed by atoms with Gasteiger partial charge in [-0.3, -0.25) is 9.79 Å². The quantitative estimate of drug-likeness (QED) is 0.646. The molecule has 0 saturated heterocycles. The number of benzene rings is 2. The van der Waals surface area contributed by atoms with Crippen molar-refractivity contribution in [1.82, 2.24) is 0 Å². The average molecular weight is 449 g/mol. The van der Waals surface area contributed by atoms with Crippen molar-refractivity contribution in [2.24, 2.45) is 10.9 Å². The fraction of sp³-hybridized carbons (Fsp3) is 0.320. The van der Waals surface area contributed by atoms with Crippen molar-refractivity contribution in [3.63, 3.8) is 0 Å². The minimum absolute atomic E-state index is 0.0349. The van der Waals surface area contributed by atoms with E-state index in [0.717, 1.165) is 17.0 Å². The molecule has 0 amide bonds. The van der Waals surface area contributed by atoms with E-state index in [4.69, 9.17) is 30.8 Å². The number of nitrogens with zero attached hydrogens (tertiary/aromatic N) is 2. The number of carbonyl (C=O) groups is 1. The molecule has 162 valence electrons. The van der Waals surface area contributed by atoms with Gasteiger partial charge in [0, 0.05) is 29.1 Å². The predicted octanol–water partition coefficient (Wildman–Crippen LogP) is 5.18. The van der Waals surface area contributed by atoms with Crippen LogP contribution in [0.25, 0.3) is 0 Å². The van der Waals surface area contributed by atoms with E-state index in [9.17, 15) is 10.1 Å². The van der Waals surface area contributed by atoms with Gasteiger partial charge in [0.05, 0.1) is 30.4 Å². The number of hydrogen-bond acceptors (Lipinski definition) is 6. The highest BCUT2D eigenvalue weighted by molar-refractivity contribution is 6.31. The number of allylic oxidation sites excluding steroid dienone is 2. The number of halogens is 1. The molecular weight excluding hydrogens is 428 g/mol. The van der Waals surface area contributed by atoms with Gasteiger partial charge in [-0.2, -0.15) is 5.26 Å². The lowest BCUT2D eigenvalue weighted by molar-refractivity contribution is -0.122. The highest BCUT2D eigenvalue weighted by Crippen LogP contribution is 2.49. The number of rotatable bonds is 3. The van der Waals surface area contributed by atoms with Crippen molar-refractivity contribution in [3.8, 4) is 23.3 Å². The number of Topliss-reactive ketones (excluding diaryl/α,β-unsaturated/α-hetero) is 1. The predicted molar refractivity (Wildman–Crippen MR) is 120 cm³/mol. The molecule has 2 aromatic carbocycles. The Labute approximate surface area is 191 Å².